The highest BCUT2D eigenvalue weighted by Gasteiger charge is 2.14. The average Bonchev–Trinajstić information content (AvgIpc) is 2.35. The first-order valence-corrected chi connectivity index (χ1v) is 3.40. The Morgan fingerprint density at radius 2 is 2.44 bits per heavy atom. The van der Waals surface area contributed by atoms with E-state index in [4.69, 9.17) is 0 Å². The van der Waals surface area contributed by atoms with Crippen molar-refractivity contribution >= 4 is 0 Å². The van der Waals surface area contributed by atoms with Gasteiger partial charge in [0, 0.05) is 7.12 Å². The van der Waals surface area contributed by atoms with E-state index in [1.807, 2.05) is 0 Å². The van der Waals surface area contributed by atoms with E-state index in [0.29, 0.717) is 0 Å². The predicted molar refractivity (Wildman–Crippen MR) is 37.5 cm³/mol. The molecule has 0 saturated carbocycles. The van der Waals surface area contributed by atoms with Crippen molar-refractivity contribution in [1.29, 1.82) is 0 Å². The van der Waals surface area contributed by atoms with Crippen molar-refractivity contribution in [3.63, 3.8) is 0 Å². The molecule has 0 spiro atoms. The van der Waals surface area contributed by atoms with Crippen LogP contribution in [0.15, 0.2) is 0 Å². The number of H-pyrrole nitrogens is 1. The van der Waals surface area contributed by atoms with E-state index in [-0.39, 0.29) is 1.43 Å². The van der Waals surface area contributed by atoms with Crippen molar-refractivity contribution in [3.8, 4) is 0 Å². The summed E-state index contributed by atoms with van der Waals surface area (Å²) in [6, 6.07) is 0. The summed E-state index contributed by atoms with van der Waals surface area (Å²) < 4.78 is 0. The molecule has 1 aromatic heterocycles. The number of hydrogen-bond acceptors (Lipinski definition) is 1. The van der Waals surface area contributed by atoms with Gasteiger partial charge in [0.05, 0.1) is 5.69 Å². The maximum atomic E-state index is 4.17. The van der Waals surface area contributed by atoms with Crippen LogP contribution < -0.4 is 0 Å². The standard InChI is InChI=1S/C7H10N2.H2/c1-5-6-3-2-4-7(6)9-8-5;/h2-4H2,1H3,(H,8,9);1H. The number of aryl methyl sites for hydroxylation is 2. The Kier molecular flexibility index (Phi) is 0.891. The summed E-state index contributed by atoms with van der Waals surface area (Å²) in [5.41, 5.74) is 4.03. The molecule has 0 bridgehead atoms. The monoisotopic (exact) mass is 124 g/mol. The summed E-state index contributed by atoms with van der Waals surface area (Å²) in [5.74, 6) is 0. The lowest BCUT2D eigenvalue weighted by atomic mass is 10.2. The number of nitrogens with zero attached hydrogens (tertiary/aromatic N) is 1. The zero-order valence-corrected chi connectivity index (χ0v) is 5.57. The molecule has 9 heavy (non-hydrogen) atoms. The SMILES string of the molecule is Cc1[nH]nc2c1CCC2.[HH]. The first-order chi connectivity index (χ1) is 4.38. The minimum absolute atomic E-state index is 0. The number of aromatic nitrogens is 2. The van der Waals surface area contributed by atoms with Crippen molar-refractivity contribution in [3.05, 3.63) is 17.0 Å². The fourth-order valence-electron chi connectivity index (χ4n) is 1.47. The van der Waals surface area contributed by atoms with E-state index in [1.54, 1.807) is 0 Å². The van der Waals surface area contributed by atoms with Crippen LogP contribution in [0.5, 0.6) is 0 Å². The molecule has 0 fully saturated rings. The molecular weight excluding hydrogens is 112 g/mol. The molecule has 0 aromatic carbocycles. The van der Waals surface area contributed by atoms with E-state index in [9.17, 15) is 0 Å². The van der Waals surface area contributed by atoms with Crippen molar-refractivity contribution < 1.29 is 1.43 Å². The van der Waals surface area contributed by atoms with Gasteiger partial charge in [-0.25, -0.2) is 0 Å². The molecule has 0 amide bonds. The van der Waals surface area contributed by atoms with Crippen LogP contribution in [0.4, 0.5) is 0 Å². The molecule has 2 rings (SSSR count). The zero-order chi connectivity index (χ0) is 6.27. The van der Waals surface area contributed by atoms with Crippen LogP contribution in [0, 0.1) is 6.92 Å². The third kappa shape index (κ3) is 0.590. The van der Waals surface area contributed by atoms with E-state index in [1.165, 1.54) is 36.2 Å². The predicted octanol–water partition coefficient (Wildman–Crippen LogP) is 1.45. The van der Waals surface area contributed by atoms with Gasteiger partial charge in [-0.1, -0.05) is 0 Å². The molecule has 1 heterocycles. The second kappa shape index (κ2) is 1.59. The van der Waals surface area contributed by atoms with Gasteiger partial charge in [-0.15, -0.1) is 0 Å². The summed E-state index contributed by atoms with van der Waals surface area (Å²) in [7, 11) is 0. The van der Waals surface area contributed by atoms with Crippen LogP contribution in [-0.2, 0) is 12.8 Å². The van der Waals surface area contributed by atoms with Gasteiger partial charge in [0.1, 0.15) is 0 Å². The van der Waals surface area contributed by atoms with Crippen molar-refractivity contribution in [2.45, 2.75) is 26.2 Å². The topological polar surface area (TPSA) is 28.7 Å². The lowest BCUT2D eigenvalue weighted by Gasteiger charge is -1.86. The molecule has 1 aliphatic carbocycles. The van der Waals surface area contributed by atoms with Crippen LogP contribution in [0.25, 0.3) is 0 Å². The Hall–Kier alpha value is -0.790. The van der Waals surface area contributed by atoms with Crippen LogP contribution in [0.2, 0.25) is 0 Å². The van der Waals surface area contributed by atoms with Gasteiger partial charge in [-0.3, -0.25) is 5.10 Å². The van der Waals surface area contributed by atoms with Crippen LogP contribution in [0.1, 0.15) is 24.8 Å². The van der Waals surface area contributed by atoms with E-state index in [0.717, 1.165) is 0 Å². The maximum Gasteiger partial charge on any atom is 0.0656 e. The summed E-state index contributed by atoms with van der Waals surface area (Å²) >= 11 is 0. The van der Waals surface area contributed by atoms with Gasteiger partial charge in [0.2, 0.25) is 0 Å². The molecule has 50 valence electrons. The zero-order valence-electron chi connectivity index (χ0n) is 5.57. The van der Waals surface area contributed by atoms with Crippen LogP contribution >= 0.6 is 0 Å². The molecule has 2 heteroatoms. The molecule has 0 atom stereocenters. The lowest BCUT2D eigenvalue weighted by Crippen LogP contribution is -1.79. The average molecular weight is 124 g/mol. The molecular formula is C7H12N2. The number of fused-ring (bicyclic) bond motifs is 1. The Bertz CT molecular complexity index is 230. The van der Waals surface area contributed by atoms with Gasteiger partial charge < -0.3 is 0 Å². The number of hydrogen-bond donors (Lipinski definition) is 1. The Morgan fingerprint density at radius 3 is 3.22 bits per heavy atom. The van der Waals surface area contributed by atoms with Crippen molar-refractivity contribution in [2.75, 3.05) is 0 Å². The van der Waals surface area contributed by atoms with Gasteiger partial charge >= 0.3 is 0 Å². The third-order valence-electron chi connectivity index (χ3n) is 2.00. The van der Waals surface area contributed by atoms with Crippen molar-refractivity contribution in [2.24, 2.45) is 0 Å². The van der Waals surface area contributed by atoms with E-state index >= 15 is 0 Å². The number of nitrogens with one attached hydrogen (secondary N) is 1. The fraction of sp³-hybridized carbons (Fsp3) is 0.571. The highest BCUT2D eigenvalue weighted by molar-refractivity contribution is 5.28. The molecule has 1 aliphatic rings. The van der Waals surface area contributed by atoms with Gasteiger partial charge in [-0.2, -0.15) is 5.10 Å². The normalized spacial score (nSPS) is 16.1. The Labute approximate surface area is 55.8 Å². The largest absolute Gasteiger partial charge is 0.282 e. The molecule has 1 N–H and O–H groups in total. The number of rotatable bonds is 0. The second-order valence-corrected chi connectivity index (χ2v) is 2.63. The first-order valence-electron chi connectivity index (χ1n) is 3.40. The Balaban J connectivity index is 0.000000500. The summed E-state index contributed by atoms with van der Waals surface area (Å²) in [5, 5.41) is 7.16. The molecule has 0 aliphatic heterocycles. The maximum absolute atomic E-state index is 4.17. The summed E-state index contributed by atoms with van der Waals surface area (Å²) in [4.78, 5) is 0. The quantitative estimate of drug-likeness (QED) is 0.557. The van der Waals surface area contributed by atoms with E-state index in [2.05, 4.69) is 17.1 Å². The van der Waals surface area contributed by atoms with Gasteiger partial charge in [0.15, 0.2) is 0 Å². The highest BCUT2D eigenvalue weighted by atomic mass is 15.1. The second-order valence-electron chi connectivity index (χ2n) is 2.63. The summed E-state index contributed by atoms with van der Waals surface area (Å²) in [6.45, 7) is 2.09. The highest BCUT2D eigenvalue weighted by Crippen LogP contribution is 2.21. The third-order valence-corrected chi connectivity index (χ3v) is 2.00. The molecule has 0 unspecified atom stereocenters. The minimum atomic E-state index is 0. The lowest BCUT2D eigenvalue weighted by molar-refractivity contribution is 0.854. The van der Waals surface area contributed by atoms with Crippen LogP contribution in [-0.4, -0.2) is 10.2 Å². The molecule has 2 nitrogen and oxygen atoms in total. The molecule has 1 aromatic rings. The minimum Gasteiger partial charge on any atom is -0.282 e. The van der Waals surface area contributed by atoms with Gasteiger partial charge in [-0.05, 0) is 31.7 Å². The fourth-order valence-corrected chi connectivity index (χ4v) is 1.47. The van der Waals surface area contributed by atoms with Crippen molar-refractivity contribution in [1.82, 2.24) is 10.2 Å². The number of aromatic amines is 1. The first kappa shape index (κ1) is 5.03. The molecule has 0 radical (unpaired) electrons. The van der Waals surface area contributed by atoms with E-state index < -0.39 is 0 Å². The molecule has 0 saturated heterocycles. The van der Waals surface area contributed by atoms with Crippen LogP contribution in [0.3, 0.4) is 0 Å². The Morgan fingerprint density at radius 1 is 1.56 bits per heavy atom. The summed E-state index contributed by atoms with van der Waals surface area (Å²) in [6.07, 6.45) is 3.71. The smallest absolute Gasteiger partial charge is 0.0656 e. The van der Waals surface area contributed by atoms with Gasteiger partial charge in [0.25, 0.3) is 0 Å².